The van der Waals surface area contributed by atoms with Crippen molar-refractivity contribution in [2.75, 3.05) is 39.4 Å². The van der Waals surface area contributed by atoms with E-state index in [2.05, 4.69) is 5.10 Å². The van der Waals surface area contributed by atoms with E-state index in [9.17, 15) is 23.2 Å². The summed E-state index contributed by atoms with van der Waals surface area (Å²) in [7, 11) is 0. The first-order chi connectivity index (χ1) is 13.9. The number of esters is 1. The Kier molecular flexibility index (Phi) is 8.34. The van der Waals surface area contributed by atoms with Crippen LogP contribution in [0.5, 0.6) is 0 Å². The number of carbonyl (C=O) groups is 3. The fourth-order valence-corrected chi connectivity index (χ4v) is 2.80. The first kappa shape index (κ1) is 22.6. The smallest absolute Gasteiger partial charge is 0.409 e. The molecule has 1 aliphatic rings. The lowest BCUT2D eigenvalue weighted by Crippen LogP contribution is -2.51. The summed E-state index contributed by atoms with van der Waals surface area (Å²) >= 11 is 0. The minimum Gasteiger partial charge on any atom is -0.461 e. The lowest BCUT2D eigenvalue weighted by atomic mass is 10.3. The second kappa shape index (κ2) is 10.7. The van der Waals surface area contributed by atoms with E-state index in [1.54, 1.807) is 6.92 Å². The second-order valence-corrected chi connectivity index (χ2v) is 6.47. The van der Waals surface area contributed by atoms with Gasteiger partial charge in [0.25, 0.3) is 6.43 Å². The summed E-state index contributed by atoms with van der Waals surface area (Å²) in [4.78, 5) is 39.1. The lowest BCUT2D eigenvalue weighted by Gasteiger charge is -2.34. The van der Waals surface area contributed by atoms with E-state index in [4.69, 9.17) is 9.47 Å². The first-order valence-corrected chi connectivity index (χ1v) is 9.59. The van der Waals surface area contributed by atoms with Gasteiger partial charge in [-0.1, -0.05) is 13.3 Å². The Morgan fingerprint density at radius 2 is 1.76 bits per heavy atom. The fraction of sp³-hybridized carbons (Fsp3) is 0.667. The van der Waals surface area contributed by atoms with E-state index in [0.717, 1.165) is 23.6 Å². The number of carbonyl (C=O) groups excluding carboxylic acids is 3. The Hall–Kier alpha value is -2.72. The molecule has 0 N–H and O–H groups in total. The van der Waals surface area contributed by atoms with Gasteiger partial charge in [0.2, 0.25) is 5.91 Å². The van der Waals surface area contributed by atoms with Crippen molar-refractivity contribution in [1.29, 1.82) is 0 Å². The van der Waals surface area contributed by atoms with Crippen LogP contribution in [0.3, 0.4) is 0 Å². The molecule has 2 amide bonds. The van der Waals surface area contributed by atoms with Crippen LogP contribution in [0.1, 0.15) is 49.3 Å². The van der Waals surface area contributed by atoms with Crippen LogP contribution in [-0.4, -0.2) is 76.9 Å². The summed E-state index contributed by atoms with van der Waals surface area (Å²) in [5.74, 6) is -1.25. The lowest BCUT2D eigenvalue weighted by molar-refractivity contribution is -0.133. The molecule has 1 saturated heterocycles. The van der Waals surface area contributed by atoms with Gasteiger partial charge in [-0.05, 0) is 13.3 Å². The monoisotopic (exact) mass is 416 g/mol. The van der Waals surface area contributed by atoms with E-state index in [0.29, 0.717) is 19.7 Å². The Morgan fingerprint density at radius 3 is 2.34 bits per heavy atom. The van der Waals surface area contributed by atoms with Crippen LogP contribution in [-0.2, 0) is 20.8 Å². The third-order valence-electron chi connectivity index (χ3n) is 4.42. The number of hydrogen-bond acceptors (Lipinski definition) is 6. The van der Waals surface area contributed by atoms with Crippen LogP contribution in [0, 0.1) is 0 Å². The first-order valence-electron chi connectivity index (χ1n) is 9.59. The Labute approximate surface area is 167 Å². The van der Waals surface area contributed by atoms with Crippen molar-refractivity contribution in [2.24, 2.45) is 0 Å². The molecular weight excluding hydrogens is 390 g/mol. The minimum atomic E-state index is -2.90. The van der Waals surface area contributed by atoms with Gasteiger partial charge in [-0.2, -0.15) is 5.10 Å². The van der Waals surface area contributed by atoms with E-state index >= 15 is 0 Å². The van der Waals surface area contributed by atoms with Gasteiger partial charge in [0.05, 0.1) is 13.2 Å². The summed E-state index contributed by atoms with van der Waals surface area (Å²) < 4.78 is 37.2. The highest BCUT2D eigenvalue weighted by atomic mass is 19.3. The maximum atomic E-state index is 13.3. The quantitative estimate of drug-likeness (QED) is 0.476. The van der Waals surface area contributed by atoms with Gasteiger partial charge >= 0.3 is 12.1 Å². The van der Waals surface area contributed by atoms with Crippen molar-refractivity contribution in [3.05, 3.63) is 17.5 Å². The van der Waals surface area contributed by atoms with E-state index < -0.39 is 36.6 Å². The number of hydrogen-bond donors (Lipinski definition) is 0. The molecule has 1 aromatic heterocycles. The zero-order chi connectivity index (χ0) is 21.4. The molecule has 1 fully saturated rings. The van der Waals surface area contributed by atoms with E-state index in [-0.39, 0.29) is 25.4 Å². The maximum absolute atomic E-state index is 13.3. The topological polar surface area (TPSA) is 94.0 Å². The summed E-state index contributed by atoms with van der Waals surface area (Å²) in [6.07, 6.45) is -1.61. The molecule has 0 spiro atoms. The number of rotatable bonds is 8. The van der Waals surface area contributed by atoms with Crippen molar-refractivity contribution in [3.8, 4) is 0 Å². The van der Waals surface area contributed by atoms with Gasteiger partial charge in [-0.15, -0.1) is 0 Å². The number of amides is 2. The van der Waals surface area contributed by atoms with Crippen molar-refractivity contribution in [1.82, 2.24) is 19.6 Å². The van der Waals surface area contributed by atoms with Crippen LogP contribution >= 0.6 is 0 Å². The molecular formula is C18H26F2N4O5. The van der Waals surface area contributed by atoms with Gasteiger partial charge in [-0.25, -0.2) is 18.4 Å². The number of piperazine rings is 1. The normalized spacial score (nSPS) is 14.2. The zero-order valence-electron chi connectivity index (χ0n) is 16.6. The van der Waals surface area contributed by atoms with E-state index in [1.807, 2.05) is 6.92 Å². The van der Waals surface area contributed by atoms with Gasteiger partial charge < -0.3 is 19.3 Å². The van der Waals surface area contributed by atoms with Crippen LogP contribution in [0.25, 0.3) is 0 Å². The van der Waals surface area contributed by atoms with Crippen LogP contribution < -0.4 is 0 Å². The number of alkyl halides is 2. The van der Waals surface area contributed by atoms with Gasteiger partial charge in [0.15, 0.2) is 5.69 Å². The standard InChI is InChI=1S/C18H26F2N4O5/c1-3-5-10-29-18(27)23-8-6-22(7-9-23)15(25)12-24-14(16(19)20)11-13(21-24)17(26)28-4-2/h11,16H,3-10,12H2,1-2H3. The van der Waals surface area contributed by atoms with Crippen LogP contribution in [0.4, 0.5) is 13.6 Å². The van der Waals surface area contributed by atoms with Crippen LogP contribution in [0.2, 0.25) is 0 Å². The molecule has 2 rings (SSSR count). The molecule has 162 valence electrons. The molecule has 0 aromatic carbocycles. The molecule has 0 radical (unpaired) electrons. The number of ether oxygens (including phenoxy) is 2. The van der Waals surface area contributed by atoms with E-state index in [1.165, 1.54) is 9.80 Å². The molecule has 29 heavy (non-hydrogen) atoms. The third-order valence-corrected chi connectivity index (χ3v) is 4.42. The number of nitrogens with zero attached hydrogens (tertiary/aromatic N) is 4. The maximum Gasteiger partial charge on any atom is 0.409 e. The summed E-state index contributed by atoms with van der Waals surface area (Å²) in [5.41, 5.74) is -0.797. The molecule has 1 aromatic rings. The summed E-state index contributed by atoms with van der Waals surface area (Å²) in [6, 6.07) is 0.931. The largest absolute Gasteiger partial charge is 0.461 e. The van der Waals surface area contributed by atoms with Gasteiger partial charge in [0, 0.05) is 32.2 Å². The molecule has 2 heterocycles. The number of unbranched alkanes of at least 4 members (excludes halogenated alkanes) is 1. The van der Waals surface area contributed by atoms with Gasteiger partial charge in [-0.3, -0.25) is 9.48 Å². The molecule has 0 unspecified atom stereocenters. The Balaban J connectivity index is 1.94. The molecule has 0 saturated carbocycles. The average Bonchev–Trinajstić information content (AvgIpc) is 3.12. The molecule has 11 heteroatoms. The molecule has 0 aliphatic carbocycles. The molecule has 9 nitrogen and oxygen atoms in total. The molecule has 1 aliphatic heterocycles. The third kappa shape index (κ3) is 6.13. The van der Waals surface area contributed by atoms with Crippen molar-refractivity contribution in [3.63, 3.8) is 0 Å². The minimum absolute atomic E-state index is 0.0831. The summed E-state index contributed by atoms with van der Waals surface area (Å²) in [6.45, 7) is 4.71. The van der Waals surface area contributed by atoms with Crippen molar-refractivity contribution < 1.29 is 32.6 Å². The SMILES string of the molecule is CCCCOC(=O)N1CCN(C(=O)Cn2nc(C(=O)OCC)cc2C(F)F)CC1. The van der Waals surface area contributed by atoms with Gasteiger partial charge in [0.1, 0.15) is 12.2 Å². The number of aromatic nitrogens is 2. The average molecular weight is 416 g/mol. The predicted molar refractivity (Wildman–Crippen MR) is 97.5 cm³/mol. The second-order valence-electron chi connectivity index (χ2n) is 6.47. The highest BCUT2D eigenvalue weighted by molar-refractivity contribution is 5.87. The fourth-order valence-electron chi connectivity index (χ4n) is 2.80. The van der Waals surface area contributed by atoms with Crippen molar-refractivity contribution >= 4 is 18.0 Å². The zero-order valence-corrected chi connectivity index (χ0v) is 16.6. The summed E-state index contributed by atoms with van der Waals surface area (Å²) in [5, 5.41) is 3.80. The highest BCUT2D eigenvalue weighted by Gasteiger charge is 2.27. The number of halogens is 2. The molecule has 0 atom stereocenters. The van der Waals surface area contributed by atoms with Crippen LogP contribution in [0.15, 0.2) is 6.07 Å². The van der Waals surface area contributed by atoms with Crippen molar-refractivity contribution in [2.45, 2.75) is 39.7 Å². The molecule has 0 bridgehead atoms. The Bertz CT molecular complexity index is 717. The highest BCUT2D eigenvalue weighted by Crippen LogP contribution is 2.20. The predicted octanol–water partition coefficient (Wildman–Crippen LogP) is 2.08. The Morgan fingerprint density at radius 1 is 1.10 bits per heavy atom.